The van der Waals surface area contributed by atoms with Crippen LogP contribution in [-0.2, 0) is 14.8 Å². The van der Waals surface area contributed by atoms with Gasteiger partial charge in [0, 0.05) is 19.0 Å². The number of hydrogen-bond donors (Lipinski definition) is 4. The molecule has 0 heterocycles. The monoisotopic (exact) mass is 300 g/mol. The Kier molecular flexibility index (Phi) is 5.34. The lowest BCUT2D eigenvalue weighted by Gasteiger charge is -2.12. The minimum absolute atomic E-state index is 0.0270. The van der Waals surface area contributed by atoms with E-state index in [4.69, 9.17) is 10.9 Å². The van der Waals surface area contributed by atoms with Gasteiger partial charge in [-0.3, -0.25) is 4.79 Å². The molecule has 1 rings (SSSR count). The van der Waals surface area contributed by atoms with Gasteiger partial charge in [0.25, 0.3) is 0 Å². The van der Waals surface area contributed by atoms with Gasteiger partial charge >= 0.3 is 0 Å². The van der Waals surface area contributed by atoms with Gasteiger partial charge in [-0.15, -0.1) is 0 Å². The molecular weight excluding hydrogens is 280 g/mol. The summed E-state index contributed by atoms with van der Waals surface area (Å²) in [6, 6.07) is 4.22. The first kappa shape index (κ1) is 16.3. The van der Waals surface area contributed by atoms with E-state index in [2.05, 4.69) is 10.6 Å². The van der Waals surface area contributed by atoms with Crippen molar-refractivity contribution in [3.8, 4) is 0 Å². The van der Waals surface area contributed by atoms with Crippen LogP contribution in [0.5, 0.6) is 0 Å². The van der Waals surface area contributed by atoms with Crippen LogP contribution in [-0.4, -0.2) is 26.9 Å². The molecule has 1 aromatic carbocycles. The van der Waals surface area contributed by atoms with Crippen molar-refractivity contribution in [1.82, 2.24) is 5.32 Å². The molecule has 0 fully saturated rings. The molecule has 0 aliphatic heterocycles. The quantitative estimate of drug-likeness (QED) is 0.560. The number of nitrogens with two attached hydrogens (primary N) is 2. The third-order valence-corrected chi connectivity index (χ3v) is 3.38. The Morgan fingerprint density at radius 3 is 2.55 bits per heavy atom. The lowest BCUT2D eigenvalue weighted by atomic mass is 10.2. The SMILES string of the molecule is CC(C)NC(=O)CCNc1cc(S(N)(=O)=O)ccc1N. The maximum Gasteiger partial charge on any atom is 0.238 e. The van der Waals surface area contributed by atoms with Crippen LogP contribution in [0.25, 0.3) is 0 Å². The Labute approximate surface area is 118 Å². The van der Waals surface area contributed by atoms with E-state index in [1.807, 2.05) is 13.8 Å². The summed E-state index contributed by atoms with van der Waals surface area (Å²) < 4.78 is 22.5. The Bertz CT molecular complexity index is 584. The fourth-order valence-corrected chi connectivity index (χ4v) is 2.11. The average Bonchev–Trinajstić information content (AvgIpc) is 2.29. The van der Waals surface area contributed by atoms with Crippen LogP contribution < -0.4 is 21.5 Å². The number of benzene rings is 1. The molecular formula is C12H20N4O3S. The minimum atomic E-state index is -3.77. The van der Waals surface area contributed by atoms with Crippen molar-refractivity contribution in [2.24, 2.45) is 5.14 Å². The molecule has 112 valence electrons. The molecule has 0 spiro atoms. The van der Waals surface area contributed by atoms with Crippen molar-refractivity contribution in [2.45, 2.75) is 31.2 Å². The number of rotatable bonds is 6. The smallest absolute Gasteiger partial charge is 0.238 e. The maximum atomic E-state index is 11.5. The van der Waals surface area contributed by atoms with Crippen molar-refractivity contribution in [1.29, 1.82) is 0 Å². The second-order valence-electron chi connectivity index (χ2n) is 4.69. The lowest BCUT2D eigenvalue weighted by Crippen LogP contribution is -2.31. The zero-order valence-corrected chi connectivity index (χ0v) is 12.3. The molecule has 0 radical (unpaired) electrons. The number of carbonyl (C=O) groups excluding carboxylic acids is 1. The lowest BCUT2D eigenvalue weighted by molar-refractivity contribution is -0.121. The number of sulfonamides is 1. The van der Waals surface area contributed by atoms with Crippen LogP contribution in [0.3, 0.4) is 0 Å². The number of hydrogen-bond acceptors (Lipinski definition) is 5. The predicted molar refractivity (Wildman–Crippen MR) is 78.6 cm³/mol. The maximum absolute atomic E-state index is 11.5. The first-order valence-corrected chi connectivity index (χ1v) is 7.70. The first-order chi connectivity index (χ1) is 9.20. The highest BCUT2D eigenvalue weighted by Crippen LogP contribution is 2.21. The number of anilines is 2. The molecule has 0 bridgehead atoms. The first-order valence-electron chi connectivity index (χ1n) is 6.15. The van der Waals surface area contributed by atoms with Crippen molar-refractivity contribution in [2.75, 3.05) is 17.6 Å². The summed E-state index contributed by atoms with van der Waals surface area (Å²) in [6.45, 7) is 4.09. The topological polar surface area (TPSA) is 127 Å². The normalized spacial score (nSPS) is 11.4. The number of carbonyl (C=O) groups is 1. The number of nitrogens with one attached hydrogen (secondary N) is 2. The summed E-state index contributed by atoms with van der Waals surface area (Å²) >= 11 is 0. The Morgan fingerprint density at radius 1 is 1.35 bits per heavy atom. The fourth-order valence-electron chi connectivity index (χ4n) is 1.57. The zero-order chi connectivity index (χ0) is 15.3. The van der Waals surface area contributed by atoms with Gasteiger partial charge in [0.05, 0.1) is 16.3 Å². The molecule has 0 aliphatic rings. The second kappa shape index (κ2) is 6.58. The van der Waals surface area contributed by atoms with Gasteiger partial charge in [0.2, 0.25) is 15.9 Å². The van der Waals surface area contributed by atoms with E-state index in [1.54, 1.807) is 0 Å². The van der Waals surface area contributed by atoms with Crippen LogP contribution in [0.15, 0.2) is 23.1 Å². The molecule has 8 heteroatoms. The van der Waals surface area contributed by atoms with Gasteiger partial charge in [0.15, 0.2) is 0 Å². The van der Waals surface area contributed by atoms with E-state index in [9.17, 15) is 13.2 Å². The number of primary sulfonamides is 1. The number of amides is 1. The van der Waals surface area contributed by atoms with E-state index in [0.29, 0.717) is 17.9 Å². The third kappa shape index (κ3) is 5.06. The molecule has 7 nitrogen and oxygen atoms in total. The van der Waals surface area contributed by atoms with Crippen LogP contribution in [0.1, 0.15) is 20.3 Å². The Morgan fingerprint density at radius 2 is 2.00 bits per heavy atom. The second-order valence-corrected chi connectivity index (χ2v) is 6.25. The highest BCUT2D eigenvalue weighted by Gasteiger charge is 2.10. The zero-order valence-electron chi connectivity index (χ0n) is 11.5. The van der Waals surface area contributed by atoms with Crippen molar-refractivity contribution in [3.63, 3.8) is 0 Å². The minimum Gasteiger partial charge on any atom is -0.397 e. The molecule has 6 N–H and O–H groups in total. The highest BCUT2D eigenvalue weighted by atomic mass is 32.2. The van der Waals surface area contributed by atoms with Crippen LogP contribution in [0.2, 0.25) is 0 Å². The van der Waals surface area contributed by atoms with Crippen molar-refractivity contribution >= 4 is 27.3 Å². The van der Waals surface area contributed by atoms with Gasteiger partial charge in [-0.1, -0.05) is 0 Å². The molecule has 1 aromatic rings. The summed E-state index contributed by atoms with van der Waals surface area (Å²) in [5.41, 5.74) is 6.56. The fraction of sp³-hybridized carbons (Fsp3) is 0.417. The van der Waals surface area contributed by atoms with Crippen LogP contribution in [0.4, 0.5) is 11.4 Å². The van der Waals surface area contributed by atoms with E-state index < -0.39 is 10.0 Å². The predicted octanol–water partition coefficient (Wildman–Crippen LogP) is 0.243. The van der Waals surface area contributed by atoms with Gasteiger partial charge in [-0.25, -0.2) is 13.6 Å². The third-order valence-electron chi connectivity index (χ3n) is 2.47. The molecule has 0 atom stereocenters. The van der Waals surface area contributed by atoms with E-state index >= 15 is 0 Å². The summed E-state index contributed by atoms with van der Waals surface area (Å²) in [5.74, 6) is -0.0892. The summed E-state index contributed by atoms with van der Waals surface area (Å²) in [5, 5.41) is 10.7. The summed E-state index contributed by atoms with van der Waals surface area (Å²) in [4.78, 5) is 11.4. The van der Waals surface area contributed by atoms with E-state index in [-0.39, 0.29) is 23.3 Å². The standard InChI is InChI=1S/C12H20N4O3S/c1-8(2)16-12(17)5-6-15-11-7-9(20(14,18)19)3-4-10(11)13/h3-4,7-8,15H,5-6,13H2,1-2H3,(H,16,17)(H2,14,18,19). The van der Waals surface area contributed by atoms with Gasteiger partial charge < -0.3 is 16.4 Å². The molecule has 0 saturated heterocycles. The van der Waals surface area contributed by atoms with E-state index in [1.165, 1.54) is 18.2 Å². The van der Waals surface area contributed by atoms with Crippen molar-refractivity contribution < 1.29 is 13.2 Å². The largest absolute Gasteiger partial charge is 0.397 e. The molecule has 0 aliphatic carbocycles. The summed E-state index contributed by atoms with van der Waals surface area (Å²) in [6.07, 6.45) is 0.261. The Balaban J connectivity index is 2.66. The molecule has 0 aromatic heterocycles. The van der Waals surface area contributed by atoms with E-state index in [0.717, 1.165) is 0 Å². The van der Waals surface area contributed by atoms with Gasteiger partial charge in [-0.05, 0) is 32.0 Å². The van der Waals surface area contributed by atoms with Crippen molar-refractivity contribution in [3.05, 3.63) is 18.2 Å². The molecule has 0 unspecified atom stereocenters. The average molecular weight is 300 g/mol. The van der Waals surface area contributed by atoms with Crippen LogP contribution >= 0.6 is 0 Å². The van der Waals surface area contributed by atoms with Crippen LogP contribution in [0, 0.1) is 0 Å². The Hall–Kier alpha value is -1.80. The summed E-state index contributed by atoms with van der Waals surface area (Å²) in [7, 11) is -3.77. The molecule has 20 heavy (non-hydrogen) atoms. The molecule has 0 saturated carbocycles. The van der Waals surface area contributed by atoms with Gasteiger partial charge in [-0.2, -0.15) is 0 Å². The molecule has 1 amide bonds. The highest BCUT2D eigenvalue weighted by molar-refractivity contribution is 7.89. The number of nitrogen functional groups attached to an aromatic ring is 1. The van der Waals surface area contributed by atoms with Gasteiger partial charge in [0.1, 0.15) is 0 Å².